The molecule has 0 radical (unpaired) electrons. The highest BCUT2D eigenvalue weighted by molar-refractivity contribution is 7.03. The quantitative estimate of drug-likeness (QED) is 0.587. The lowest BCUT2D eigenvalue weighted by Crippen LogP contribution is -2.28. The van der Waals surface area contributed by atoms with Crippen LogP contribution in [0.25, 0.3) is 5.69 Å². The molecule has 6 nitrogen and oxygen atoms in total. The lowest BCUT2D eigenvalue weighted by atomic mass is 10.1. The van der Waals surface area contributed by atoms with E-state index in [9.17, 15) is 19.2 Å². The molecule has 27 heavy (non-hydrogen) atoms. The Labute approximate surface area is 159 Å². The van der Waals surface area contributed by atoms with Crippen LogP contribution in [0.5, 0.6) is 0 Å². The van der Waals surface area contributed by atoms with Crippen molar-refractivity contribution in [2.75, 3.05) is 0 Å². The molecule has 0 saturated carbocycles. The Hall–Kier alpha value is -3.06. The zero-order valence-corrected chi connectivity index (χ0v) is 15.6. The zero-order chi connectivity index (χ0) is 19.4. The molecule has 0 spiro atoms. The molecule has 0 aliphatic carbocycles. The normalized spacial score (nSPS) is 10.7. The number of carbonyl (C=O) groups is 2. The Balaban J connectivity index is 1.82. The van der Waals surface area contributed by atoms with Gasteiger partial charge in [-0.1, -0.05) is 42.5 Å². The summed E-state index contributed by atoms with van der Waals surface area (Å²) in [6.07, 6.45) is 0.0885. The molecular weight excluding hydrogens is 364 g/mol. The summed E-state index contributed by atoms with van der Waals surface area (Å²) in [4.78, 5) is 47.3. The number of aromatic nitrogens is 2. The largest absolute Gasteiger partial charge is 0.346 e. The van der Waals surface area contributed by atoms with E-state index in [0.29, 0.717) is 5.69 Å². The first-order valence-electron chi connectivity index (χ1n) is 8.41. The highest BCUT2D eigenvalue weighted by Crippen LogP contribution is 2.11. The molecule has 1 heterocycles. The molecule has 2 aromatic carbocycles. The maximum Gasteiger partial charge on any atom is 0.346 e. The van der Waals surface area contributed by atoms with Crippen LogP contribution in [-0.4, -0.2) is 20.1 Å². The van der Waals surface area contributed by atoms with E-state index < -0.39 is 5.69 Å². The van der Waals surface area contributed by atoms with Crippen LogP contribution >= 0.6 is 11.5 Å². The SMILES string of the molecule is CC(=O)CC(=O)Cc1ccc(-n2sc(=O)n(Cc3ccccc3)c2=O)cc1. The van der Waals surface area contributed by atoms with Crippen LogP contribution in [-0.2, 0) is 22.6 Å². The number of nitrogens with zero attached hydrogens (tertiary/aromatic N) is 2. The van der Waals surface area contributed by atoms with Crippen LogP contribution in [0.3, 0.4) is 0 Å². The van der Waals surface area contributed by atoms with Crippen molar-refractivity contribution in [1.82, 2.24) is 8.52 Å². The first kappa shape index (κ1) is 18.7. The summed E-state index contributed by atoms with van der Waals surface area (Å²) in [6.45, 7) is 1.61. The zero-order valence-electron chi connectivity index (χ0n) is 14.8. The molecule has 0 aliphatic heterocycles. The summed E-state index contributed by atoms with van der Waals surface area (Å²) in [7, 11) is 0. The van der Waals surface area contributed by atoms with Crippen molar-refractivity contribution in [3.8, 4) is 5.69 Å². The van der Waals surface area contributed by atoms with Crippen molar-refractivity contribution in [2.24, 2.45) is 0 Å². The molecule has 0 atom stereocenters. The molecule has 0 unspecified atom stereocenters. The fourth-order valence-electron chi connectivity index (χ4n) is 2.73. The lowest BCUT2D eigenvalue weighted by molar-refractivity contribution is -0.125. The van der Waals surface area contributed by atoms with Crippen LogP contribution in [0.2, 0.25) is 0 Å². The van der Waals surface area contributed by atoms with Gasteiger partial charge in [-0.2, -0.15) is 0 Å². The highest BCUT2D eigenvalue weighted by atomic mass is 32.1. The highest BCUT2D eigenvalue weighted by Gasteiger charge is 2.13. The van der Waals surface area contributed by atoms with Gasteiger partial charge in [-0.3, -0.25) is 14.4 Å². The Kier molecular flexibility index (Phi) is 5.61. The first-order chi connectivity index (χ1) is 12.9. The summed E-state index contributed by atoms with van der Waals surface area (Å²) in [6, 6.07) is 16.2. The van der Waals surface area contributed by atoms with Crippen molar-refractivity contribution >= 4 is 23.1 Å². The molecule has 0 aliphatic rings. The van der Waals surface area contributed by atoms with E-state index in [1.165, 1.54) is 15.4 Å². The van der Waals surface area contributed by atoms with Crippen LogP contribution in [0.4, 0.5) is 0 Å². The second-order valence-electron chi connectivity index (χ2n) is 6.27. The predicted octanol–water partition coefficient (Wildman–Crippen LogP) is 2.20. The van der Waals surface area contributed by atoms with E-state index in [4.69, 9.17) is 0 Å². The third-order valence-corrected chi connectivity index (χ3v) is 4.92. The average molecular weight is 382 g/mol. The standard InChI is InChI=1S/C20H18N2O4S/c1-14(23)11-18(24)12-15-7-9-17(10-8-15)22-19(25)21(20(26)27-22)13-16-5-3-2-4-6-16/h2-10H,11-13H2,1H3. The topological polar surface area (TPSA) is 78.1 Å². The number of ketones is 2. The van der Waals surface area contributed by atoms with Crippen molar-refractivity contribution < 1.29 is 9.59 Å². The van der Waals surface area contributed by atoms with Crippen LogP contribution < -0.4 is 10.6 Å². The van der Waals surface area contributed by atoms with Crippen LogP contribution in [0.1, 0.15) is 24.5 Å². The molecule has 0 bridgehead atoms. The summed E-state index contributed by atoms with van der Waals surface area (Å²) < 4.78 is 2.54. The van der Waals surface area contributed by atoms with Gasteiger partial charge in [0.15, 0.2) is 0 Å². The molecule has 0 saturated heterocycles. The van der Waals surface area contributed by atoms with Gasteiger partial charge in [-0.15, -0.1) is 0 Å². The smallest absolute Gasteiger partial charge is 0.300 e. The van der Waals surface area contributed by atoms with Gasteiger partial charge in [0.05, 0.1) is 18.7 Å². The van der Waals surface area contributed by atoms with Crippen molar-refractivity contribution in [2.45, 2.75) is 26.3 Å². The maximum atomic E-state index is 12.6. The molecule has 3 aromatic rings. The van der Waals surface area contributed by atoms with Gasteiger partial charge in [-0.05, 0) is 30.2 Å². The van der Waals surface area contributed by atoms with Gasteiger partial charge < -0.3 is 0 Å². The first-order valence-corrected chi connectivity index (χ1v) is 9.19. The third kappa shape index (κ3) is 4.57. The van der Waals surface area contributed by atoms with Gasteiger partial charge in [0.2, 0.25) is 0 Å². The Bertz CT molecular complexity index is 1080. The minimum atomic E-state index is -0.394. The summed E-state index contributed by atoms with van der Waals surface area (Å²) in [5, 5.41) is 0. The fraction of sp³-hybridized carbons (Fsp3) is 0.200. The van der Waals surface area contributed by atoms with Crippen molar-refractivity contribution in [3.63, 3.8) is 0 Å². The minimum Gasteiger partial charge on any atom is -0.300 e. The minimum absolute atomic E-state index is 0.0782. The third-order valence-electron chi connectivity index (χ3n) is 4.00. The van der Waals surface area contributed by atoms with Gasteiger partial charge in [0.25, 0.3) is 0 Å². The van der Waals surface area contributed by atoms with Gasteiger partial charge >= 0.3 is 10.6 Å². The molecular formula is C20H18N2O4S. The Morgan fingerprint density at radius 2 is 1.59 bits per heavy atom. The summed E-state index contributed by atoms with van der Waals surface area (Å²) in [5.41, 5.74) is 1.81. The molecule has 138 valence electrons. The monoisotopic (exact) mass is 382 g/mol. The second-order valence-corrected chi connectivity index (χ2v) is 7.16. The molecule has 7 heteroatoms. The predicted molar refractivity (Wildman–Crippen MR) is 104 cm³/mol. The van der Waals surface area contributed by atoms with E-state index in [2.05, 4.69) is 0 Å². The van der Waals surface area contributed by atoms with Crippen LogP contribution in [0, 0.1) is 0 Å². The molecule has 0 fully saturated rings. The van der Waals surface area contributed by atoms with E-state index >= 15 is 0 Å². The van der Waals surface area contributed by atoms with Crippen molar-refractivity contribution in [1.29, 1.82) is 0 Å². The number of rotatable bonds is 7. The second kappa shape index (κ2) is 8.09. The summed E-state index contributed by atoms with van der Waals surface area (Å²) >= 11 is 0.841. The number of Topliss-reactive ketones (excluding diaryl/α,β-unsaturated/α-hetero) is 2. The number of benzene rings is 2. The van der Waals surface area contributed by atoms with Crippen LogP contribution in [0.15, 0.2) is 64.2 Å². The Morgan fingerprint density at radius 3 is 2.22 bits per heavy atom. The van der Waals surface area contributed by atoms with Gasteiger partial charge in [-0.25, -0.2) is 13.3 Å². The van der Waals surface area contributed by atoms with Crippen molar-refractivity contribution in [3.05, 3.63) is 85.9 Å². The Morgan fingerprint density at radius 1 is 0.926 bits per heavy atom. The number of hydrogen-bond acceptors (Lipinski definition) is 5. The van der Waals surface area contributed by atoms with Gasteiger partial charge in [0, 0.05) is 18.0 Å². The number of hydrogen-bond donors (Lipinski definition) is 0. The van der Waals surface area contributed by atoms with E-state index in [-0.39, 0.29) is 35.8 Å². The van der Waals surface area contributed by atoms with E-state index in [1.807, 2.05) is 30.3 Å². The molecule has 1 aromatic heterocycles. The number of carbonyl (C=O) groups excluding carboxylic acids is 2. The van der Waals surface area contributed by atoms with Gasteiger partial charge in [0.1, 0.15) is 11.6 Å². The molecule has 3 rings (SSSR count). The maximum absolute atomic E-state index is 12.6. The average Bonchev–Trinajstić information content (AvgIpc) is 2.91. The lowest BCUT2D eigenvalue weighted by Gasteiger charge is -2.03. The van der Waals surface area contributed by atoms with E-state index in [0.717, 1.165) is 22.7 Å². The fourth-order valence-corrected chi connectivity index (χ4v) is 3.53. The molecule has 0 amide bonds. The summed E-state index contributed by atoms with van der Waals surface area (Å²) in [5.74, 6) is -0.307. The van der Waals surface area contributed by atoms with E-state index in [1.54, 1.807) is 24.3 Å². The molecule has 0 N–H and O–H groups in total.